The molecule has 4 rings (SSSR count). The second-order valence-corrected chi connectivity index (χ2v) is 6.25. The predicted octanol–water partition coefficient (Wildman–Crippen LogP) is 5.07. The fraction of sp³-hybridized carbons (Fsp3) is 0.190. The molecule has 0 amide bonds. The van der Waals surface area contributed by atoms with Crippen molar-refractivity contribution in [2.75, 3.05) is 0 Å². The smallest absolute Gasteiger partial charge is 0.166 e. The van der Waals surface area contributed by atoms with E-state index in [1.54, 1.807) is 0 Å². The van der Waals surface area contributed by atoms with Gasteiger partial charge in [-0.1, -0.05) is 79.7 Å². The minimum atomic E-state index is 0.128. The average molecular weight is 286 g/mol. The van der Waals surface area contributed by atoms with Gasteiger partial charge < -0.3 is 0 Å². The molecule has 1 saturated carbocycles. The van der Waals surface area contributed by atoms with E-state index >= 15 is 0 Å². The Kier molecular flexibility index (Phi) is 3.07. The van der Waals surface area contributed by atoms with Crippen LogP contribution < -0.4 is 0 Å². The number of benzene rings is 3. The maximum absolute atomic E-state index is 12.7. The number of carbonyl (C=O) groups excluding carboxylic acids is 1. The van der Waals surface area contributed by atoms with Crippen molar-refractivity contribution in [3.05, 3.63) is 83.9 Å². The van der Waals surface area contributed by atoms with Gasteiger partial charge in [0.05, 0.1) is 0 Å². The molecule has 0 heterocycles. The van der Waals surface area contributed by atoms with Crippen LogP contribution in [0.15, 0.2) is 72.8 Å². The third kappa shape index (κ3) is 2.14. The van der Waals surface area contributed by atoms with Crippen molar-refractivity contribution in [2.45, 2.75) is 12.8 Å². The molecule has 0 spiro atoms. The van der Waals surface area contributed by atoms with E-state index in [1.165, 1.54) is 16.3 Å². The highest BCUT2D eigenvalue weighted by Gasteiger charge is 2.52. The number of hydrogen-bond donors (Lipinski definition) is 0. The number of hydrogen-bond acceptors (Lipinski definition) is 1. The molecule has 0 unspecified atom stereocenters. The van der Waals surface area contributed by atoms with E-state index in [1.807, 2.05) is 30.3 Å². The molecule has 3 aromatic carbocycles. The van der Waals surface area contributed by atoms with Gasteiger partial charge in [-0.3, -0.25) is 4.79 Å². The van der Waals surface area contributed by atoms with Crippen molar-refractivity contribution in [3.63, 3.8) is 0 Å². The first-order valence-electron chi connectivity index (χ1n) is 7.83. The summed E-state index contributed by atoms with van der Waals surface area (Å²) < 4.78 is 0. The monoisotopic (exact) mass is 286 g/mol. The van der Waals surface area contributed by atoms with Crippen LogP contribution in [-0.2, 0) is 0 Å². The van der Waals surface area contributed by atoms with Crippen LogP contribution >= 0.6 is 0 Å². The van der Waals surface area contributed by atoms with Crippen LogP contribution in [0.3, 0.4) is 0 Å². The van der Waals surface area contributed by atoms with Crippen molar-refractivity contribution < 1.29 is 4.79 Å². The van der Waals surface area contributed by atoms with Crippen LogP contribution in [0.2, 0.25) is 0 Å². The zero-order chi connectivity index (χ0) is 15.1. The summed E-state index contributed by atoms with van der Waals surface area (Å²) >= 11 is 0. The van der Waals surface area contributed by atoms with Crippen LogP contribution in [0.1, 0.15) is 28.8 Å². The Labute approximate surface area is 130 Å². The van der Waals surface area contributed by atoms with E-state index in [4.69, 9.17) is 0 Å². The molecule has 22 heavy (non-hydrogen) atoms. The summed E-state index contributed by atoms with van der Waals surface area (Å²) in [5.41, 5.74) is 2.13. The molecule has 0 aromatic heterocycles. The Morgan fingerprint density at radius 1 is 0.818 bits per heavy atom. The van der Waals surface area contributed by atoms with Gasteiger partial charge in [0.1, 0.15) is 0 Å². The lowest BCUT2D eigenvalue weighted by Gasteiger charge is -2.04. The number of carbonyl (C=O) groups is 1. The maximum Gasteiger partial charge on any atom is 0.166 e. The largest absolute Gasteiger partial charge is 0.294 e. The molecule has 1 nitrogen and oxygen atoms in total. The van der Waals surface area contributed by atoms with E-state index in [-0.39, 0.29) is 11.7 Å². The van der Waals surface area contributed by atoms with Gasteiger partial charge in [-0.05, 0) is 28.2 Å². The normalized spacial score (nSPS) is 23.4. The van der Waals surface area contributed by atoms with Gasteiger partial charge in [0, 0.05) is 11.5 Å². The fourth-order valence-corrected chi connectivity index (χ4v) is 3.59. The van der Waals surface area contributed by atoms with Gasteiger partial charge in [0.15, 0.2) is 5.78 Å². The molecule has 0 aliphatic heterocycles. The summed E-state index contributed by atoms with van der Waals surface area (Å²) in [4.78, 5) is 12.7. The summed E-state index contributed by atoms with van der Waals surface area (Å²) in [6, 6.07) is 24.6. The highest BCUT2D eigenvalue weighted by molar-refractivity contribution is 6.00. The van der Waals surface area contributed by atoms with Crippen molar-refractivity contribution in [1.82, 2.24) is 0 Å². The van der Waals surface area contributed by atoms with Gasteiger partial charge in [-0.25, -0.2) is 0 Å². The van der Waals surface area contributed by atoms with Crippen LogP contribution in [0.25, 0.3) is 10.8 Å². The number of ketones is 1. The SMILES string of the molecule is C[C@H]1[C@H](C(=O)c2ccccc2)[C@H]1c1ccc2ccccc2c1. The van der Waals surface area contributed by atoms with E-state index < -0.39 is 0 Å². The number of fused-ring (bicyclic) bond motifs is 1. The Balaban J connectivity index is 1.64. The minimum absolute atomic E-state index is 0.128. The first-order chi connectivity index (χ1) is 10.8. The first-order valence-corrected chi connectivity index (χ1v) is 7.83. The molecule has 1 fully saturated rings. The van der Waals surface area contributed by atoms with Crippen molar-refractivity contribution in [3.8, 4) is 0 Å². The third-order valence-electron chi connectivity index (χ3n) is 4.90. The summed E-state index contributed by atoms with van der Waals surface area (Å²) in [6.07, 6.45) is 0. The topological polar surface area (TPSA) is 17.1 Å². The van der Waals surface area contributed by atoms with E-state index in [2.05, 4.69) is 49.4 Å². The zero-order valence-electron chi connectivity index (χ0n) is 12.6. The summed E-state index contributed by atoms with van der Waals surface area (Å²) in [7, 11) is 0. The van der Waals surface area contributed by atoms with Gasteiger partial charge >= 0.3 is 0 Å². The van der Waals surface area contributed by atoms with Gasteiger partial charge in [-0.2, -0.15) is 0 Å². The molecule has 1 aliphatic carbocycles. The molecule has 0 bridgehead atoms. The van der Waals surface area contributed by atoms with E-state index in [0.29, 0.717) is 11.8 Å². The van der Waals surface area contributed by atoms with E-state index in [0.717, 1.165) is 5.56 Å². The van der Waals surface area contributed by atoms with Crippen LogP contribution in [0, 0.1) is 11.8 Å². The lowest BCUT2D eigenvalue weighted by atomic mass is 10.0. The fourth-order valence-electron chi connectivity index (χ4n) is 3.59. The molecule has 1 aliphatic rings. The average Bonchev–Trinajstić information content (AvgIpc) is 3.25. The number of rotatable bonds is 3. The van der Waals surface area contributed by atoms with Crippen molar-refractivity contribution >= 4 is 16.6 Å². The molecular formula is C21H18O. The van der Waals surface area contributed by atoms with Gasteiger partial charge in [0.25, 0.3) is 0 Å². The molecule has 1 heteroatoms. The quantitative estimate of drug-likeness (QED) is 0.614. The van der Waals surface area contributed by atoms with Gasteiger partial charge in [-0.15, -0.1) is 0 Å². The lowest BCUT2D eigenvalue weighted by Crippen LogP contribution is -2.03. The Morgan fingerprint density at radius 3 is 2.27 bits per heavy atom. The van der Waals surface area contributed by atoms with Gasteiger partial charge in [0.2, 0.25) is 0 Å². The minimum Gasteiger partial charge on any atom is -0.294 e. The third-order valence-corrected chi connectivity index (χ3v) is 4.90. The lowest BCUT2D eigenvalue weighted by molar-refractivity contribution is 0.0960. The molecule has 0 N–H and O–H groups in total. The maximum atomic E-state index is 12.7. The van der Waals surface area contributed by atoms with Crippen LogP contribution in [0.5, 0.6) is 0 Å². The van der Waals surface area contributed by atoms with Crippen LogP contribution in [-0.4, -0.2) is 5.78 Å². The van der Waals surface area contributed by atoms with Crippen molar-refractivity contribution in [2.24, 2.45) is 11.8 Å². The van der Waals surface area contributed by atoms with Crippen LogP contribution in [0.4, 0.5) is 0 Å². The van der Waals surface area contributed by atoms with Crippen molar-refractivity contribution in [1.29, 1.82) is 0 Å². The molecule has 0 radical (unpaired) electrons. The summed E-state index contributed by atoms with van der Waals surface area (Å²) in [5.74, 6) is 1.20. The molecule has 3 aromatic rings. The Bertz CT molecular complexity index is 835. The summed E-state index contributed by atoms with van der Waals surface area (Å²) in [5, 5.41) is 2.51. The predicted molar refractivity (Wildman–Crippen MR) is 90.1 cm³/mol. The van der Waals surface area contributed by atoms with E-state index in [9.17, 15) is 4.79 Å². The number of Topliss-reactive ketones (excluding diaryl/α,β-unsaturated/α-hetero) is 1. The standard InChI is InChI=1S/C21H18O/c1-14-19(20(14)21(22)16-8-3-2-4-9-16)18-12-11-15-7-5-6-10-17(15)13-18/h2-14,19-20H,1H3/t14-,19-,20+/m1/s1. The second kappa shape index (κ2) is 5.10. The molecule has 0 saturated heterocycles. The zero-order valence-corrected chi connectivity index (χ0v) is 12.6. The molecule has 108 valence electrons. The Morgan fingerprint density at radius 2 is 1.50 bits per heavy atom. The highest BCUT2D eigenvalue weighted by atomic mass is 16.1. The highest BCUT2D eigenvalue weighted by Crippen LogP contribution is 2.55. The Hall–Kier alpha value is -2.41. The second-order valence-electron chi connectivity index (χ2n) is 6.25. The molecule has 3 atom stereocenters. The molecular weight excluding hydrogens is 268 g/mol. The first kappa shape index (κ1) is 13.3. The summed E-state index contributed by atoms with van der Waals surface area (Å²) in [6.45, 7) is 2.19.